The maximum Gasteiger partial charge on any atom is 0.164 e. The quantitative estimate of drug-likeness (QED) is 0.151. The topological polar surface area (TPSA) is 86.6 Å². The van der Waals surface area contributed by atoms with Crippen molar-refractivity contribution < 1.29 is 4.74 Å². The van der Waals surface area contributed by atoms with Crippen molar-refractivity contribution >= 4 is 0 Å². The zero-order chi connectivity index (χ0) is 41.3. The molecule has 1 aliphatic heterocycles. The summed E-state index contributed by atoms with van der Waals surface area (Å²) >= 11 is 0. The van der Waals surface area contributed by atoms with Gasteiger partial charge in [0.25, 0.3) is 0 Å². The second-order valence-corrected chi connectivity index (χ2v) is 15.1. The van der Waals surface area contributed by atoms with Gasteiger partial charge in [0.1, 0.15) is 11.5 Å². The van der Waals surface area contributed by atoms with Gasteiger partial charge in [0.2, 0.25) is 0 Å². The van der Waals surface area contributed by atoms with Gasteiger partial charge in [-0.05, 0) is 35.4 Å². The van der Waals surface area contributed by atoms with Crippen LogP contribution in [-0.4, -0.2) is 29.9 Å². The van der Waals surface area contributed by atoms with Crippen molar-refractivity contribution in [3.8, 4) is 79.8 Å². The van der Waals surface area contributed by atoms with Crippen LogP contribution in [0.5, 0.6) is 11.5 Å². The Hall–Kier alpha value is -8.42. The maximum absolute atomic E-state index is 6.70. The fourth-order valence-corrected chi connectivity index (χ4v) is 8.44. The van der Waals surface area contributed by atoms with Gasteiger partial charge in [0, 0.05) is 44.5 Å². The van der Waals surface area contributed by atoms with Gasteiger partial charge in [-0.15, -0.1) is 0 Å². The molecule has 0 aliphatic carbocycles. The van der Waals surface area contributed by atoms with E-state index in [1.807, 2.05) is 146 Å². The largest absolute Gasteiger partial charge is 0.457 e. The van der Waals surface area contributed by atoms with Gasteiger partial charge >= 0.3 is 0 Å². The number of para-hydroxylation sites is 2. The van der Waals surface area contributed by atoms with E-state index in [0.29, 0.717) is 34.9 Å². The lowest BCUT2D eigenvalue weighted by Gasteiger charge is -2.41. The van der Waals surface area contributed by atoms with Crippen molar-refractivity contribution in [2.24, 2.45) is 0 Å². The number of ether oxygens (including phenoxy) is 1. The van der Waals surface area contributed by atoms with Gasteiger partial charge in [-0.2, -0.15) is 0 Å². The molecule has 0 N–H and O–H groups in total. The van der Waals surface area contributed by atoms with Crippen LogP contribution < -0.4 is 4.74 Å². The number of nitrogens with zero attached hydrogens (tertiary/aromatic N) is 6. The summed E-state index contributed by atoms with van der Waals surface area (Å²) in [6, 6.07) is 74.0. The van der Waals surface area contributed by atoms with Crippen LogP contribution >= 0.6 is 0 Å². The van der Waals surface area contributed by atoms with Crippen molar-refractivity contribution in [1.29, 1.82) is 0 Å². The molecule has 0 spiro atoms. The Morgan fingerprint density at radius 1 is 0.258 bits per heavy atom. The van der Waals surface area contributed by atoms with Crippen LogP contribution in [0.1, 0.15) is 22.3 Å². The van der Waals surface area contributed by atoms with Crippen LogP contribution in [0.25, 0.3) is 68.3 Å². The van der Waals surface area contributed by atoms with Crippen molar-refractivity contribution in [3.05, 3.63) is 241 Å². The number of benzene rings is 8. The van der Waals surface area contributed by atoms with E-state index in [0.717, 1.165) is 67.1 Å². The third-order valence-electron chi connectivity index (χ3n) is 11.3. The van der Waals surface area contributed by atoms with Gasteiger partial charge < -0.3 is 4.74 Å². The number of hydrogen-bond donors (Lipinski definition) is 0. The molecule has 0 atom stereocenters. The van der Waals surface area contributed by atoms with E-state index in [-0.39, 0.29) is 0 Å². The van der Waals surface area contributed by atoms with Crippen molar-refractivity contribution in [2.75, 3.05) is 0 Å². The molecule has 8 aromatic carbocycles. The van der Waals surface area contributed by atoms with E-state index < -0.39 is 5.41 Å². The second-order valence-electron chi connectivity index (χ2n) is 15.1. The first-order chi connectivity index (χ1) is 30.7. The molecule has 0 unspecified atom stereocenters. The normalized spacial score (nSPS) is 12.5. The van der Waals surface area contributed by atoms with Crippen LogP contribution in [0.3, 0.4) is 0 Å². The summed E-state index contributed by atoms with van der Waals surface area (Å²) in [7, 11) is 0. The second kappa shape index (κ2) is 15.6. The zero-order valence-electron chi connectivity index (χ0n) is 33.4. The highest BCUT2D eigenvalue weighted by atomic mass is 16.5. The van der Waals surface area contributed by atoms with Crippen LogP contribution in [-0.2, 0) is 5.41 Å². The van der Waals surface area contributed by atoms with Gasteiger partial charge in [-0.25, -0.2) is 29.9 Å². The Morgan fingerprint density at radius 2 is 0.532 bits per heavy atom. The molecule has 0 amide bonds. The molecule has 0 bridgehead atoms. The molecule has 2 aromatic heterocycles. The van der Waals surface area contributed by atoms with Crippen molar-refractivity contribution in [3.63, 3.8) is 0 Å². The zero-order valence-corrected chi connectivity index (χ0v) is 33.4. The van der Waals surface area contributed by atoms with E-state index in [2.05, 4.69) is 72.8 Å². The number of rotatable bonds is 8. The van der Waals surface area contributed by atoms with Gasteiger partial charge in [0.15, 0.2) is 34.9 Å². The van der Waals surface area contributed by atoms with Crippen molar-refractivity contribution in [2.45, 2.75) is 5.41 Å². The fourth-order valence-electron chi connectivity index (χ4n) is 8.44. The minimum Gasteiger partial charge on any atom is -0.457 e. The fraction of sp³-hybridized carbons (Fsp3) is 0.0182. The SMILES string of the molecule is c1ccc(-c2nc(-c3ccccc3)nc(-c3cccc(C4(c5cccc(-c6nc(-c7ccccc7)nc(-c7ccccc7)n6)c5)c5ccccc5Oc5ccccc54)c3)n2)cc1. The minimum atomic E-state index is -0.855. The molecule has 62 heavy (non-hydrogen) atoms. The van der Waals surface area contributed by atoms with Crippen LogP contribution in [0.4, 0.5) is 0 Å². The summed E-state index contributed by atoms with van der Waals surface area (Å²) in [5.41, 5.74) is 8.54. The molecule has 0 radical (unpaired) electrons. The van der Waals surface area contributed by atoms with Gasteiger partial charge in [0.05, 0.1) is 5.41 Å². The highest BCUT2D eigenvalue weighted by Gasteiger charge is 2.45. The number of fused-ring (bicyclic) bond motifs is 2. The number of hydrogen-bond acceptors (Lipinski definition) is 7. The molecule has 7 heteroatoms. The van der Waals surface area contributed by atoms with Crippen LogP contribution in [0.15, 0.2) is 218 Å². The molecule has 0 fully saturated rings. The molecular weight excluding hydrogens is 761 g/mol. The van der Waals surface area contributed by atoms with Crippen molar-refractivity contribution in [1.82, 2.24) is 29.9 Å². The Morgan fingerprint density at radius 3 is 0.871 bits per heavy atom. The summed E-state index contributed by atoms with van der Waals surface area (Å²) in [4.78, 5) is 30.4. The summed E-state index contributed by atoms with van der Waals surface area (Å²) in [5, 5.41) is 0. The predicted octanol–water partition coefficient (Wildman–Crippen LogP) is 12.5. The van der Waals surface area contributed by atoms with Crippen LogP contribution in [0.2, 0.25) is 0 Å². The van der Waals surface area contributed by atoms with Gasteiger partial charge in [-0.3, -0.25) is 0 Å². The lowest BCUT2D eigenvalue weighted by molar-refractivity contribution is 0.434. The minimum absolute atomic E-state index is 0.573. The van der Waals surface area contributed by atoms with Gasteiger partial charge in [-0.1, -0.05) is 194 Å². The predicted molar refractivity (Wildman–Crippen MR) is 244 cm³/mol. The monoisotopic (exact) mass is 796 g/mol. The average molecular weight is 797 g/mol. The average Bonchev–Trinajstić information content (AvgIpc) is 3.36. The highest BCUT2D eigenvalue weighted by Crippen LogP contribution is 2.55. The summed E-state index contributed by atoms with van der Waals surface area (Å²) in [6.07, 6.45) is 0. The molecule has 292 valence electrons. The Bertz CT molecular complexity index is 2880. The summed E-state index contributed by atoms with van der Waals surface area (Å²) in [5.74, 6) is 5.11. The smallest absolute Gasteiger partial charge is 0.164 e. The van der Waals surface area contributed by atoms with E-state index >= 15 is 0 Å². The maximum atomic E-state index is 6.70. The molecule has 1 aliphatic rings. The molecular formula is C55H36N6O. The molecule has 0 saturated carbocycles. The Kier molecular flexibility index (Phi) is 9.24. The molecule has 0 saturated heterocycles. The summed E-state index contributed by atoms with van der Waals surface area (Å²) in [6.45, 7) is 0. The first-order valence-electron chi connectivity index (χ1n) is 20.5. The standard InChI is InChI=1S/C55H36N6O/c1-5-19-37(20-6-1)49-56-50(38-21-7-2-8-22-38)59-53(58-49)41-27-17-29-43(35-41)55(45-31-13-15-33-47(45)62-48-34-16-14-32-46(48)55)44-30-18-28-42(36-44)54-60-51(39-23-9-3-10-24-39)57-52(61-54)40-25-11-4-12-26-40/h1-36H. The van der Waals surface area contributed by atoms with Crippen LogP contribution in [0, 0.1) is 0 Å². The lowest BCUT2D eigenvalue weighted by Crippen LogP contribution is -2.34. The molecule has 7 nitrogen and oxygen atoms in total. The van der Waals surface area contributed by atoms with E-state index in [9.17, 15) is 0 Å². The van der Waals surface area contributed by atoms with E-state index in [1.54, 1.807) is 0 Å². The highest BCUT2D eigenvalue weighted by molar-refractivity contribution is 5.75. The third-order valence-corrected chi connectivity index (χ3v) is 11.3. The first kappa shape index (κ1) is 36.6. The molecule has 10 aromatic rings. The summed E-state index contributed by atoms with van der Waals surface area (Å²) < 4.78 is 6.70. The Labute approximate surface area is 359 Å². The first-order valence-corrected chi connectivity index (χ1v) is 20.5. The molecule has 11 rings (SSSR count). The third kappa shape index (κ3) is 6.58. The molecule has 3 heterocycles. The number of aromatic nitrogens is 6. The van der Waals surface area contributed by atoms with E-state index in [4.69, 9.17) is 34.6 Å². The lowest BCUT2D eigenvalue weighted by atomic mass is 9.63. The van der Waals surface area contributed by atoms with E-state index in [1.165, 1.54) is 0 Å². The Balaban J connectivity index is 1.14.